The number of rotatable bonds is 2. The number of hydrogen-bond donors (Lipinski definition) is 3. The maximum Gasteiger partial charge on any atom is 0.251 e. The first kappa shape index (κ1) is 13.2. The van der Waals surface area contributed by atoms with E-state index in [9.17, 15) is 9.90 Å². The SMILES string of the molecule is Nc1ccc(C(=O)NC2CCC(O)CC2)cc1Cl. The van der Waals surface area contributed by atoms with E-state index in [1.807, 2.05) is 0 Å². The van der Waals surface area contributed by atoms with Gasteiger partial charge in [0.15, 0.2) is 0 Å². The van der Waals surface area contributed by atoms with E-state index in [2.05, 4.69) is 5.32 Å². The number of carbonyl (C=O) groups excluding carboxylic acids is 1. The number of nitrogen functional groups attached to an aromatic ring is 1. The average Bonchev–Trinajstić information content (AvgIpc) is 2.35. The monoisotopic (exact) mass is 268 g/mol. The van der Waals surface area contributed by atoms with Crippen molar-refractivity contribution >= 4 is 23.2 Å². The third-order valence-corrected chi connectivity index (χ3v) is 3.62. The third-order valence-electron chi connectivity index (χ3n) is 3.29. The first-order valence-corrected chi connectivity index (χ1v) is 6.48. The number of anilines is 1. The van der Waals surface area contributed by atoms with Gasteiger partial charge in [0.05, 0.1) is 16.8 Å². The van der Waals surface area contributed by atoms with Crippen LogP contribution in [0.2, 0.25) is 5.02 Å². The molecule has 0 spiro atoms. The molecule has 1 aliphatic rings. The minimum atomic E-state index is -0.218. The van der Waals surface area contributed by atoms with Gasteiger partial charge in [-0.3, -0.25) is 4.79 Å². The molecule has 18 heavy (non-hydrogen) atoms. The van der Waals surface area contributed by atoms with Crippen molar-refractivity contribution in [2.45, 2.75) is 37.8 Å². The van der Waals surface area contributed by atoms with Gasteiger partial charge in [-0.2, -0.15) is 0 Å². The highest BCUT2D eigenvalue weighted by molar-refractivity contribution is 6.33. The molecular formula is C13H17ClN2O2. The van der Waals surface area contributed by atoms with Crippen molar-refractivity contribution in [3.63, 3.8) is 0 Å². The standard InChI is InChI=1S/C13H17ClN2O2/c14-11-7-8(1-6-12(11)15)13(18)16-9-2-4-10(17)5-3-9/h1,6-7,9-10,17H,2-5,15H2,(H,16,18). The number of aliphatic hydroxyl groups excluding tert-OH is 1. The number of aliphatic hydroxyl groups is 1. The van der Waals surface area contributed by atoms with Crippen LogP contribution in [0.15, 0.2) is 18.2 Å². The summed E-state index contributed by atoms with van der Waals surface area (Å²) in [6.07, 6.45) is 2.90. The van der Waals surface area contributed by atoms with Gasteiger partial charge in [-0.15, -0.1) is 0 Å². The zero-order valence-corrected chi connectivity index (χ0v) is 10.8. The lowest BCUT2D eigenvalue weighted by atomic mass is 9.93. The van der Waals surface area contributed by atoms with Gasteiger partial charge >= 0.3 is 0 Å². The van der Waals surface area contributed by atoms with Crippen LogP contribution in [0.1, 0.15) is 36.0 Å². The van der Waals surface area contributed by atoms with Crippen molar-refractivity contribution < 1.29 is 9.90 Å². The van der Waals surface area contributed by atoms with E-state index in [4.69, 9.17) is 17.3 Å². The molecule has 2 rings (SSSR count). The summed E-state index contributed by atoms with van der Waals surface area (Å²) in [6.45, 7) is 0. The molecule has 5 heteroatoms. The number of amides is 1. The maximum absolute atomic E-state index is 12.0. The van der Waals surface area contributed by atoms with Crippen LogP contribution < -0.4 is 11.1 Å². The Morgan fingerprint density at radius 3 is 2.61 bits per heavy atom. The Hall–Kier alpha value is -1.26. The number of carbonyl (C=O) groups is 1. The van der Waals surface area contributed by atoms with Crippen LogP contribution in [0, 0.1) is 0 Å². The molecule has 0 radical (unpaired) electrons. The number of nitrogens with two attached hydrogens (primary N) is 1. The molecule has 0 aromatic heterocycles. The zero-order valence-electron chi connectivity index (χ0n) is 10.0. The lowest BCUT2D eigenvalue weighted by Gasteiger charge is -2.26. The van der Waals surface area contributed by atoms with Gasteiger partial charge in [-0.25, -0.2) is 0 Å². The van der Waals surface area contributed by atoms with Crippen LogP contribution in [0.25, 0.3) is 0 Å². The van der Waals surface area contributed by atoms with E-state index in [-0.39, 0.29) is 18.1 Å². The molecule has 1 fully saturated rings. The summed E-state index contributed by atoms with van der Waals surface area (Å²) in [5, 5.41) is 12.7. The average molecular weight is 269 g/mol. The number of benzene rings is 1. The Bertz CT molecular complexity index is 443. The van der Waals surface area contributed by atoms with Crippen molar-refractivity contribution in [1.82, 2.24) is 5.32 Å². The quantitative estimate of drug-likeness (QED) is 0.718. The van der Waals surface area contributed by atoms with Crippen molar-refractivity contribution in [2.24, 2.45) is 0 Å². The lowest BCUT2D eigenvalue weighted by Crippen LogP contribution is -2.38. The molecule has 4 nitrogen and oxygen atoms in total. The molecular weight excluding hydrogens is 252 g/mol. The van der Waals surface area contributed by atoms with E-state index in [1.54, 1.807) is 18.2 Å². The Morgan fingerprint density at radius 2 is 2.00 bits per heavy atom. The van der Waals surface area contributed by atoms with Gasteiger partial charge < -0.3 is 16.2 Å². The van der Waals surface area contributed by atoms with E-state index in [0.29, 0.717) is 16.3 Å². The molecule has 98 valence electrons. The lowest BCUT2D eigenvalue weighted by molar-refractivity contribution is 0.0867. The highest BCUT2D eigenvalue weighted by atomic mass is 35.5. The van der Waals surface area contributed by atoms with Gasteiger partial charge in [-0.05, 0) is 43.9 Å². The summed E-state index contributed by atoms with van der Waals surface area (Å²) in [6, 6.07) is 5.00. The molecule has 1 aliphatic carbocycles. The van der Waals surface area contributed by atoms with Crippen LogP contribution in [-0.2, 0) is 0 Å². The summed E-state index contributed by atoms with van der Waals surface area (Å²) in [5.41, 5.74) is 6.58. The summed E-state index contributed by atoms with van der Waals surface area (Å²) in [5.74, 6) is -0.140. The van der Waals surface area contributed by atoms with Crippen molar-refractivity contribution in [3.8, 4) is 0 Å². The van der Waals surface area contributed by atoms with Crippen LogP contribution in [0.4, 0.5) is 5.69 Å². The topological polar surface area (TPSA) is 75.4 Å². The van der Waals surface area contributed by atoms with Crippen LogP contribution in [0.5, 0.6) is 0 Å². The smallest absolute Gasteiger partial charge is 0.251 e. The van der Waals surface area contributed by atoms with Gasteiger partial charge in [0.2, 0.25) is 0 Å². The highest BCUT2D eigenvalue weighted by Gasteiger charge is 2.21. The van der Waals surface area contributed by atoms with Crippen LogP contribution >= 0.6 is 11.6 Å². The summed E-state index contributed by atoms with van der Waals surface area (Å²) < 4.78 is 0. The van der Waals surface area contributed by atoms with Crippen molar-refractivity contribution in [2.75, 3.05) is 5.73 Å². The second-order valence-electron chi connectivity index (χ2n) is 4.72. The van der Waals surface area contributed by atoms with Crippen LogP contribution in [-0.4, -0.2) is 23.2 Å². The van der Waals surface area contributed by atoms with Gasteiger partial charge in [0, 0.05) is 11.6 Å². The zero-order chi connectivity index (χ0) is 13.1. The second-order valence-corrected chi connectivity index (χ2v) is 5.12. The molecule has 0 saturated heterocycles. The predicted molar refractivity (Wildman–Crippen MR) is 71.6 cm³/mol. The number of halogens is 1. The fourth-order valence-electron chi connectivity index (χ4n) is 2.16. The Morgan fingerprint density at radius 1 is 1.33 bits per heavy atom. The third kappa shape index (κ3) is 3.15. The molecule has 1 saturated carbocycles. The highest BCUT2D eigenvalue weighted by Crippen LogP contribution is 2.21. The minimum Gasteiger partial charge on any atom is -0.398 e. The number of hydrogen-bond acceptors (Lipinski definition) is 3. The summed E-state index contributed by atoms with van der Waals surface area (Å²) in [4.78, 5) is 12.0. The van der Waals surface area contributed by atoms with E-state index in [0.717, 1.165) is 25.7 Å². The molecule has 0 heterocycles. The fourth-order valence-corrected chi connectivity index (χ4v) is 2.34. The van der Waals surface area contributed by atoms with Crippen molar-refractivity contribution in [3.05, 3.63) is 28.8 Å². The molecule has 1 aromatic rings. The molecule has 0 aliphatic heterocycles. The van der Waals surface area contributed by atoms with E-state index >= 15 is 0 Å². The van der Waals surface area contributed by atoms with Crippen molar-refractivity contribution in [1.29, 1.82) is 0 Å². The van der Waals surface area contributed by atoms with E-state index in [1.165, 1.54) is 0 Å². The Balaban J connectivity index is 1.97. The maximum atomic E-state index is 12.0. The Kier molecular flexibility index (Phi) is 4.09. The molecule has 1 aromatic carbocycles. The molecule has 0 unspecified atom stereocenters. The molecule has 4 N–H and O–H groups in total. The first-order valence-electron chi connectivity index (χ1n) is 6.10. The molecule has 0 bridgehead atoms. The molecule has 0 atom stereocenters. The predicted octanol–water partition coefficient (Wildman–Crippen LogP) is 1.96. The van der Waals surface area contributed by atoms with Gasteiger partial charge in [-0.1, -0.05) is 11.6 Å². The summed E-state index contributed by atoms with van der Waals surface area (Å²) in [7, 11) is 0. The van der Waals surface area contributed by atoms with Gasteiger partial charge in [0.25, 0.3) is 5.91 Å². The first-order chi connectivity index (χ1) is 8.56. The van der Waals surface area contributed by atoms with E-state index < -0.39 is 0 Å². The fraction of sp³-hybridized carbons (Fsp3) is 0.462. The Labute approximate surface area is 111 Å². The summed E-state index contributed by atoms with van der Waals surface area (Å²) >= 11 is 5.88. The minimum absolute atomic E-state index is 0.136. The van der Waals surface area contributed by atoms with Gasteiger partial charge in [0.1, 0.15) is 0 Å². The second kappa shape index (κ2) is 5.59. The van der Waals surface area contributed by atoms with Crippen LogP contribution in [0.3, 0.4) is 0 Å². The largest absolute Gasteiger partial charge is 0.398 e. The number of nitrogens with one attached hydrogen (secondary N) is 1. The molecule has 1 amide bonds. The normalized spacial score (nSPS) is 23.7.